The highest BCUT2D eigenvalue weighted by Gasteiger charge is 2.10. The molecule has 4 N–H and O–H groups in total. The van der Waals surface area contributed by atoms with E-state index in [-0.39, 0.29) is 12.5 Å². The molecule has 6 nitrogen and oxygen atoms in total. The first-order chi connectivity index (χ1) is 7.20. The van der Waals surface area contributed by atoms with E-state index in [4.69, 9.17) is 15.4 Å². The van der Waals surface area contributed by atoms with E-state index in [0.717, 1.165) is 4.88 Å². The lowest BCUT2D eigenvalue weighted by Crippen LogP contribution is -2.13. The largest absolute Gasteiger partial charge is 0.481 e. The van der Waals surface area contributed by atoms with E-state index in [2.05, 4.69) is 0 Å². The number of hydrogen-bond acceptors (Lipinski definition) is 5. The third-order valence-electron chi connectivity index (χ3n) is 1.30. The Bertz CT molecular complexity index is 404. The second-order valence-corrected chi connectivity index (χ2v) is 5.40. The Kier molecular flexibility index (Phi) is 6.19. The van der Waals surface area contributed by atoms with E-state index < -0.39 is 16.1 Å². The molecule has 1 aromatic rings. The highest BCUT2D eigenvalue weighted by atomic mass is 32.2. The summed E-state index contributed by atoms with van der Waals surface area (Å²) in [4.78, 5) is 11.2. The van der Waals surface area contributed by atoms with E-state index in [9.17, 15) is 13.2 Å². The maximum Gasteiger partial charge on any atom is 0.305 e. The van der Waals surface area contributed by atoms with Gasteiger partial charge >= 0.3 is 5.97 Å². The summed E-state index contributed by atoms with van der Waals surface area (Å²) in [6.45, 7) is 0. The molecule has 0 spiro atoms. The van der Waals surface area contributed by atoms with Crippen LogP contribution in [0.1, 0.15) is 17.3 Å². The monoisotopic (exact) mass is 267 g/mol. The Morgan fingerprint density at radius 1 is 1.62 bits per heavy atom. The van der Waals surface area contributed by atoms with Crippen LogP contribution in [-0.4, -0.2) is 30.3 Å². The third-order valence-corrected chi connectivity index (χ3v) is 2.31. The lowest BCUT2D eigenvalue weighted by molar-refractivity contribution is -0.137. The van der Waals surface area contributed by atoms with Crippen molar-refractivity contribution in [2.24, 2.45) is 5.73 Å². The van der Waals surface area contributed by atoms with Crippen LogP contribution in [-0.2, 0) is 14.9 Å². The summed E-state index contributed by atoms with van der Waals surface area (Å²) >= 11 is 1.48. The zero-order valence-corrected chi connectivity index (χ0v) is 10.2. The summed E-state index contributed by atoms with van der Waals surface area (Å²) in [5.74, 6) is -0.856. The van der Waals surface area contributed by atoms with Crippen molar-refractivity contribution in [1.29, 1.82) is 0 Å². The van der Waals surface area contributed by atoms with Crippen molar-refractivity contribution in [1.82, 2.24) is 0 Å². The molecule has 16 heavy (non-hydrogen) atoms. The van der Waals surface area contributed by atoms with E-state index in [1.807, 2.05) is 17.5 Å². The summed E-state index contributed by atoms with van der Waals surface area (Å²) < 4.78 is 25.9. The molecule has 0 saturated heterocycles. The standard InChI is InChI=1S/C7H9NO2S.CH4O3S/c8-5(4-7(9)10)6-2-1-3-11-6;1-5(2,3)4/h1-3,5H,4,8H2,(H,9,10);1H3,(H,2,3,4). The van der Waals surface area contributed by atoms with Gasteiger partial charge < -0.3 is 10.8 Å². The molecule has 0 aliphatic rings. The molecule has 0 fully saturated rings. The molecule has 1 heterocycles. The SMILES string of the molecule is CS(=O)(=O)O.NC(CC(=O)O)c1cccs1. The van der Waals surface area contributed by atoms with Gasteiger partial charge in [-0.1, -0.05) is 6.07 Å². The number of carboxylic acids is 1. The van der Waals surface area contributed by atoms with Gasteiger partial charge in [-0.3, -0.25) is 9.35 Å². The number of rotatable bonds is 3. The van der Waals surface area contributed by atoms with Crippen molar-refractivity contribution in [3.05, 3.63) is 22.4 Å². The number of aliphatic carboxylic acids is 1. The van der Waals surface area contributed by atoms with Crippen LogP contribution in [0.5, 0.6) is 0 Å². The molecule has 8 heteroatoms. The molecular weight excluding hydrogens is 254 g/mol. The van der Waals surface area contributed by atoms with Gasteiger partial charge in [-0.2, -0.15) is 8.42 Å². The van der Waals surface area contributed by atoms with E-state index in [0.29, 0.717) is 6.26 Å². The second-order valence-electron chi connectivity index (χ2n) is 2.95. The van der Waals surface area contributed by atoms with Crippen molar-refractivity contribution < 1.29 is 22.9 Å². The minimum atomic E-state index is -3.67. The number of carboxylic acid groups (broad SMARTS) is 1. The number of nitrogens with two attached hydrogens (primary N) is 1. The topological polar surface area (TPSA) is 118 Å². The van der Waals surface area contributed by atoms with Crippen LogP contribution in [0.2, 0.25) is 0 Å². The normalized spacial score (nSPS) is 12.4. The molecular formula is C8H13NO5S2. The summed E-state index contributed by atoms with van der Waals surface area (Å²) in [5.41, 5.74) is 5.57. The average molecular weight is 267 g/mol. The van der Waals surface area contributed by atoms with Crippen molar-refractivity contribution in [3.8, 4) is 0 Å². The molecule has 0 bridgehead atoms. The Hall–Kier alpha value is -0.960. The molecule has 0 saturated carbocycles. The van der Waals surface area contributed by atoms with Gasteiger partial charge in [0, 0.05) is 10.9 Å². The van der Waals surface area contributed by atoms with Gasteiger partial charge in [-0.05, 0) is 11.4 Å². The van der Waals surface area contributed by atoms with Crippen LogP contribution in [0.3, 0.4) is 0 Å². The van der Waals surface area contributed by atoms with Gasteiger partial charge in [0.05, 0.1) is 12.7 Å². The van der Waals surface area contributed by atoms with Gasteiger partial charge in [0.15, 0.2) is 0 Å². The Morgan fingerprint density at radius 3 is 2.44 bits per heavy atom. The molecule has 0 aliphatic heterocycles. The van der Waals surface area contributed by atoms with Gasteiger partial charge in [-0.15, -0.1) is 11.3 Å². The van der Waals surface area contributed by atoms with Crippen LogP contribution >= 0.6 is 11.3 Å². The molecule has 0 amide bonds. The van der Waals surface area contributed by atoms with Crippen LogP contribution < -0.4 is 5.73 Å². The van der Waals surface area contributed by atoms with E-state index >= 15 is 0 Å². The van der Waals surface area contributed by atoms with Gasteiger partial charge in [0.2, 0.25) is 0 Å². The first-order valence-corrected chi connectivity index (χ1v) is 6.86. The Labute approximate surface area is 97.5 Å². The quantitative estimate of drug-likeness (QED) is 0.695. The lowest BCUT2D eigenvalue weighted by atomic mass is 10.2. The second kappa shape index (κ2) is 6.59. The van der Waals surface area contributed by atoms with Crippen LogP contribution in [0, 0.1) is 0 Å². The first kappa shape index (κ1) is 15.0. The summed E-state index contributed by atoms with van der Waals surface area (Å²) in [5, 5.41) is 10.3. The van der Waals surface area contributed by atoms with Gasteiger partial charge in [0.1, 0.15) is 0 Å². The molecule has 1 rings (SSSR count). The molecule has 1 unspecified atom stereocenters. The molecule has 0 aliphatic carbocycles. The summed E-state index contributed by atoms with van der Waals surface area (Å²) in [6, 6.07) is 3.35. The maximum absolute atomic E-state index is 10.2. The molecule has 0 radical (unpaired) electrons. The first-order valence-electron chi connectivity index (χ1n) is 4.13. The molecule has 1 aromatic heterocycles. The average Bonchev–Trinajstić information content (AvgIpc) is 2.49. The van der Waals surface area contributed by atoms with Crippen molar-refractivity contribution in [2.75, 3.05) is 6.26 Å². The van der Waals surface area contributed by atoms with Crippen molar-refractivity contribution in [2.45, 2.75) is 12.5 Å². The lowest BCUT2D eigenvalue weighted by Gasteiger charge is -2.03. The number of thiophene rings is 1. The van der Waals surface area contributed by atoms with Gasteiger partial charge in [0.25, 0.3) is 10.1 Å². The van der Waals surface area contributed by atoms with E-state index in [1.165, 1.54) is 11.3 Å². The fourth-order valence-electron chi connectivity index (χ4n) is 0.791. The van der Waals surface area contributed by atoms with Crippen LogP contribution in [0.4, 0.5) is 0 Å². The van der Waals surface area contributed by atoms with Crippen molar-refractivity contribution >= 4 is 27.4 Å². The molecule has 1 atom stereocenters. The zero-order chi connectivity index (χ0) is 12.8. The number of hydrogen-bond donors (Lipinski definition) is 3. The number of carbonyl (C=O) groups is 1. The van der Waals surface area contributed by atoms with Crippen LogP contribution in [0.15, 0.2) is 17.5 Å². The summed E-state index contributed by atoms with van der Waals surface area (Å²) in [7, 11) is -3.67. The fourth-order valence-corrected chi connectivity index (χ4v) is 1.52. The highest BCUT2D eigenvalue weighted by molar-refractivity contribution is 7.85. The minimum Gasteiger partial charge on any atom is -0.481 e. The van der Waals surface area contributed by atoms with Crippen LogP contribution in [0.25, 0.3) is 0 Å². The predicted octanol–water partition coefficient (Wildman–Crippen LogP) is 0.727. The van der Waals surface area contributed by atoms with Crippen molar-refractivity contribution in [3.63, 3.8) is 0 Å². The fraction of sp³-hybridized carbons (Fsp3) is 0.375. The Morgan fingerprint density at radius 2 is 2.12 bits per heavy atom. The molecule has 0 aromatic carbocycles. The van der Waals surface area contributed by atoms with Gasteiger partial charge in [-0.25, -0.2) is 0 Å². The van der Waals surface area contributed by atoms with E-state index in [1.54, 1.807) is 0 Å². The zero-order valence-electron chi connectivity index (χ0n) is 8.53. The maximum atomic E-state index is 10.2. The smallest absolute Gasteiger partial charge is 0.305 e. The highest BCUT2D eigenvalue weighted by Crippen LogP contribution is 2.18. The molecule has 92 valence electrons. The Balaban J connectivity index is 0.000000385. The minimum absolute atomic E-state index is 0.000509. The summed E-state index contributed by atoms with van der Waals surface area (Å²) in [6.07, 6.45) is 0.716. The third kappa shape index (κ3) is 9.59. The predicted molar refractivity (Wildman–Crippen MR) is 61.0 cm³/mol.